The summed E-state index contributed by atoms with van der Waals surface area (Å²) < 4.78 is 0. The Kier molecular flexibility index (Phi) is 3.33. The van der Waals surface area contributed by atoms with Gasteiger partial charge < -0.3 is 5.32 Å². The summed E-state index contributed by atoms with van der Waals surface area (Å²) in [6.07, 6.45) is 2.66. The van der Waals surface area contributed by atoms with E-state index in [4.69, 9.17) is 0 Å². The summed E-state index contributed by atoms with van der Waals surface area (Å²) in [5.41, 5.74) is 2.45. The number of hydrogen-bond acceptors (Lipinski definition) is 1. The molecule has 1 rings (SSSR count). The molecule has 0 aliphatic carbocycles. The molecule has 2 nitrogen and oxygen atoms in total. The first-order valence-electron chi connectivity index (χ1n) is 4.05. The van der Waals surface area contributed by atoms with Crippen LogP contribution in [-0.4, -0.2) is 6.41 Å². The van der Waals surface area contributed by atoms with Crippen molar-refractivity contribution < 1.29 is 4.79 Å². The average Bonchev–Trinajstić information content (AvgIpc) is 2.15. The van der Waals surface area contributed by atoms with Crippen molar-refractivity contribution in [2.24, 2.45) is 0 Å². The molecule has 12 heavy (non-hydrogen) atoms. The maximum Gasteiger partial charge on any atom is 0.309 e. The molecule has 0 unspecified atom stereocenters. The maximum atomic E-state index is 9.94. The van der Waals surface area contributed by atoms with Gasteiger partial charge in [0.1, 0.15) is 0 Å². The van der Waals surface area contributed by atoms with Crippen LogP contribution in [-0.2, 0) is 17.8 Å². The monoisotopic (exact) mass is 162 g/mol. The maximum absolute atomic E-state index is 9.94. The van der Waals surface area contributed by atoms with Crippen LogP contribution in [0.3, 0.4) is 0 Å². The Morgan fingerprint density at radius 3 is 2.58 bits per heavy atom. The highest BCUT2D eigenvalue weighted by Gasteiger charge is 1.97. The summed E-state index contributed by atoms with van der Waals surface area (Å²) in [7, 11) is 0. The normalized spacial score (nSPS) is 9.42. The second kappa shape index (κ2) is 4.54. The van der Waals surface area contributed by atoms with Gasteiger partial charge in [0.25, 0.3) is 0 Å². The van der Waals surface area contributed by atoms with Gasteiger partial charge in [-0.15, -0.1) is 0 Å². The molecule has 1 amide bonds. The Hall–Kier alpha value is -1.31. The van der Waals surface area contributed by atoms with Gasteiger partial charge in [-0.25, -0.2) is 0 Å². The third-order valence-electron chi connectivity index (χ3n) is 1.85. The van der Waals surface area contributed by atoms with Gasteiger partial charge >= 0.3 is 6.41 Å². The fraction of sp³-hybridized carbons (Fsp3) is 0.300. The van der Waals surface area contributed by atoms with Gasteiger partial charge in [-0.2, -0.15) is 0 Å². The van der Waals surface area contributed by atoms with Crippen molar-refractivity contribution in [1.29, 1.82) is 0 Å². The first-order valence-corrected chi connectivity index (χ1v) is 4.05. The van der Waals surface area contributed by atoms with Gasteiger partial charge in [0.15, 0.2) is 0 Å². The Morgan fingerprint density at radius 2 is 2.00 bits per heavy atom. The first kappa shape index (κ1) is 8.78. The topological polar surface area (TPSA) is 29.1 Å². The van der Waals surface area contributed by atoms with E-state index in [0.29, 0.717) is 6.54 Å². The van der Waals surface area contributed by atoms with Crippen LogP contribution in [0.5, 0.6) is 0 Å². The van der Waals surface area contributed by atoms with Crippen LogP contribution in [0, 0.1) is 0 Å². The quantitative estimate of drug-likeness (QED) is 0.666. The fourth-order valence-electron chi connectivity index (χ4n) is 1.21. The molecule has 0 fully saturated rings. The van der Waals surface area contributed by atoms with E-state index in [-0.39, 0.29) is 0 Å². The highest BCUT2D eigenvalue weighted by Crippen LogP contribution is 2.08. The van der Waals surface area contributed by atoms with Crippen LogP contribution >= 0.6 is 0 Å². The Balaban J connectivity index is 2.74. The molecular weight excluding hydrogens is 150 g/mol. The molecule has 63 valence electrons. The molecule has 1 N–H and O–H groups in total. The molecule has 0 atom stereocenters. The third-order valence-corrected chi connectivity index (χ3v) is 1.85. The van der Waals surface area contributed by atoms with Crippen molar-refractivity contribution in [2.45, 2.75) is 19.9 Å². The predicted molar refractivity (Wildman–Crippen MR) is 48.4 cm³/mol. The van der Waals surface area contributed by atoms with Crippen molar-refractivity contribution in [3.05, 3.63) is 35.4 Å². The molecular formula is C10H12NO. The molecule has 1 aromatic carbocycles. The van der Waals surface area contributed by atoms with Gasteiger partial charge in [-0.3, -0.25) is 4.79 Å². The van der Waals surface area contributed by atoms with Gasteiger partial charge in [-0.05, 0) is 17.5 Å². The van der Waals surface area contributed by atoms with Crippen molar-refractivity contribution in [1.82, 2.24) is 5.32 Å². The van der Waals surface area contributed by atoms with Gasteiger partial charge in [0.05, 0.1) is 0 Å². The summed E-state index contributed by atoms with van der Waals surface area (Å²) >= 11 is 0. The van der Waals surface area contributed by atoms with Crippen LogP contribution in [0.4, 0.5) is 0 Å². The van der Waals surface area contributed by atoms with Crippen LogP contribution in [0.15, 0.2) is 24.3 Å². The molecule has 1 aromatic rings. The van der Waals surface area contributed by atoms with Gasteiger partial charge in [-0.1, -0.05) is 31.2 Å². The van der Waals surface area contributed by atoms with Crippen molar-refractivity contribution in [3.8, 4) is 0 Å². The van der Waals surface area contributed by atoms with E-state index in [1.807, 2.05) is 18.2 Å². The fourth-order valence-corrected chi connectivity index (χ4v) is 1.21. The second-order valence-electron chi connectivity index (χ2n) is 2.58. The van der Waals surface area contributed by atoms with Gasteiger partial charge in [0.2, 0.25) is 0 Å². The molecule has 0 heterocycles. The summed E-state index contributed by atoms with van der Waals surface area (Å²) in [6, 6.07) is 8.07. The molecule has 0 aliphatic rings. The van der Waals surface area contributed by atoms with E-state index in [1.165, 1.54) is 11.1 Å². The number of benzene rings is 1. The molecule has 0 aromatic heterocycles. The standard InChI is InChI=1S/C10H12NO/c1-2-9-5-3-4-6-10(9)7-11-8-12/h3-6H,2,7H2,1H3,(H,11,12). The molecule has 0 spiro atoms. The lowest BCUT2D eigenvalue weighted by atomic mass is 10.1. The molecule has 0 aliphatic heterocycles. The number of aryl methyl sites for hydroxylation is 1. The van der Waals surface area contributed by atoms with Gasteiger partial charge in [0, 0.05) is 6.54 Å². The highest BCUT2D eigenvalue weighted by atomic mass is 16.1. The van der Waals surface area contributed by atoms with Crippen LogP contribution in [0.25, 0.3) is 0 Å². The minimum atomic E-state index is 0.577. The zero-order valence-corrected chi connectivity index (χ0v) is 7.13. The lowest BCUT2D eigenvalue weighted by Crippen LogP contribution is -2.11. The smallest absolute Gasteiger partial charge is 0.309 e. The predicted octanol–water partition coefficient (Wildman–Crippen LogP) is 1.41. The minimum Gasteiger partial charge on any atom is -0.344 e. The van der Waals surface area contributed by atoms with E-state index in [0.717, 1.165) is 6.42 Å². The number of carbonyl (C=O) groups excluding carboxylic acids is 1. The molecule has 0 saturated heterocycles. The van der Waals surface area contributed by atoms with E-state index >= 15 is 0 Å². The van der Waals surface area contributed by atoms with Crippen molar-refractivity contribution >= 4 is 6.41 Å². The summed E-state index contributed by atoms with van der Waals surface area (Å²) in [5, 5.41) is 2.53. The van der Waals surface area contributed by atoms with Crippen molar-refractivity contribution in [3.63, 3.8) is 0 Å². The second-order valence-corrected chi connectivity index (χ2v) is 2.58. The molecule has 0 saturated carbocycles. The zero-order valence-electron chi connectivity index (χ0n) is 7.13. The number of rotatable bonds is 4. The largest absolute Gasteiger partial charge is 0.344 e. The van der Waals surface area contributed by atoms with E-state index in [2.05, 4.69) is 18.3 Å². The Morgan fingerprint density at radius 1 is 1.33 bits per heavy atom. The Bertz CT molecular complexity index is 258. The number of amides is 1. The molecule has 1 radical (unpaired) electrons. The van der Waals surface area contributed by atoms with E-state index < -0.39 is 0 Å². The zero-order chi connectivity index (χ0) is 8.81. The van der Waals surface area contributed by atoms with Crippen LogP contribution < -0.4 is 5.32 Å². The van der Waals surface area contributed by atoms with Crippen LogP contribution in [0.1, 0.15) is 18.1 Å². The van der Waals surface area contributed by atoms with E-state index in [1.54, 1.807) is 6.41 Å². The first-order chi connectivity index (χ1) is 5.88. The number of hydrogen-bond donors (Lipinski definition) is 1. The average molecular weight is 162 g/mol. The van der Waals surface area contributed by atoms with Crippen LogP contribution in [0.2, 0.25) is 0 Å². The van der Waals surface area contributed by atoms with Crippen molar-refractivity contribution in [2.75, 3.05) is 0 Å². The highest BCUT2D eigenvalue weighted by molar-refractivity contribution is 5.47. The minimum absolute atomic E-state index is 0.577. The lowest BCUT2D eigenvalue weighted by Gasteiger charge is -2.05. The third kappa shape index (κ3) is 2.09. The molecule has 0 bridgehead atoms. The summed E-state index contributed by atoms with van der Waals surface area (Å²) in [4.78, 5) is 9.94. The summed E-state index contributed by atoms with van der Waals surface area (Å²) in [6.45, 7) is 2.68. The summed E-state index contributed by atoms with van der Waals surface area (Å²) in [5.74, 6) is 0. The number of nitrogens with one attached hydrogen (secondary N) is 1. The lowest BCUT2D eigenvalue weighted by molar-refractivity contribution is 0.541. The SMILES string of the molecule is CCc1ccccc1CN[C]=O. The Labute approximate surface area is 72.6 Å². The van der Waals surface area contributed by atoms with E-state index in [9.17, 15) is 4.79 Å². The molecule has 2 heteroatoms.